The number of nitrogens with one attached hydrogen (secondary N) is 1. The van der Waals surface area contributed by atoms with E-state index in [0.29, 0.717) is 41.7 Å². The molecule has 0 bridgehead atoms. The molecule has 3 rings (SSSR count). The molecule has 1 aromatic heterocycles. The molecule has 1 aromatic carbocycles. The number of nitrogens with zero attached hydrogens (tertiary/aromatic N) is 2. The Morgan fingerprint density at radius 2 is 2.17 bits per heavy atom. The van der Waals surface area contributed by atoms with Crippen molar-refractivity contribution in [3.8, 4) is 0 Å². The topological polar surface area (TPSA) is 57.6 Å². The number of rotatable bonds is 5. The number of β-amino-alcohol motifs (C(OH)–C–C–N with tert-alkyl or cyclic N) is 1. The van der Waals surface area contributed by atoms with Crippen LogP contribution in [0.15, 0.2) is 28.9 Å². The van der Waals surface area contributed by atoms with Crippen molar-refractivity contribution in [1.29, 1.82) is 0 Å². The summed E-state index contributed by atoms with van der Waals surface area (Å²) in [5.41, 5.74) is 0.163. The van der Waals surface area contributed by atoms with E-state index >= 15 is 0 Å². The third kappa shape index (κ3) is 4.22. The molecule has 24 heavy (non-hydrogen) atoms. The lowest BCUT2D eigenvalue weighted by Gasteiger charge is -2.34. The van der Waals surface area contributed by atoms with E-state index in [4.69, 9.17) is 4.74 Å². The first kappa shape index (κ1) is 17.5. The molecule has 0 amide bonds. The van der Waals surface area contributed by atoms with Crippen LogP contribution in [0.4, 0.5) is 10.1 Å². The van der Waals surface area contributed by atoms with Crippen molar-refractivity contribution in [2.24, 2.45) is 0 Å². The fourth-order valence-electron chi connectivity index (χ4n) is 2.92. The van der Waals surface area contributed by atoms with Gasteiger partial charge in [0.1, 0.15) is 5.52 Å². The lowest BCUT2D eigenvalue weighted by atomic mass is 10.1. The molecule has 7 heteroatoms. The summed E-state index contributed by atoms with van der Waals surface area (Å²) in [5.74, 6) is -0.372. The lowest BCUT2D eigenvalue weighted by Crippen LogP contribution is -2.49. The van der Waals surface area contributed by atoms with Gasteiger partial charge in [0.05, 0.1) is 18.8 Å². The number of hydrogen-bond donors (Lipinski definition) is 2. The molecule has 130 valence electrons. The predicted molar refractivity (Wildman–Crippen MR) is 95.8 cm³/mol. The monoisotopic (exact) mass is 397 g/mol. The van der Waals surface area contributed by atoms with Crippen LogP contribution in [-0.2, 0) is 4.74 Å². The molecule has 0 spiro atoms. The summed E-state index contributed by atoms with van der Waals surface area (Å²) in [7, 11) is 0. The number of aliphatic hydroxyl groups is 1. The Balaban J connectivity index is 1.72. The van der Waals surface area contributed by atoms with Crippen LogP contribution in [0.2, 0.25) is 0 Å². The number of fused-ring (bicyclic) bond motifs is 1. The zero-order valence-electron chi connectivity index (χ0n) is 13.6. The molecule has 0 unspecified atom stereocenters. The quantitative estimate of drug-likeness (QED) is 0.811. The van der Waals surface area contributed by atoms with Gasteiger partial charge >= 0.3 is 0 Å². The Hall–Kier alpha value is -1.28. The normalized spacial score (nSPS) is 18.5. The van der Waals surface area contributed by atoms with Gasteiger partial charge in [0.15, 0.2) is 5.82 Å². The highest BCUT2D eigenvalue weighted by atomic mass is 79.9. The second kappa shape index (κ2) is 7.31. The second-order valence-electron chi connectivity index (χ2n) is 6.38. The van der Waals surface area contributed by atoms with Crippen molar-refractivity contribution in [3.63, 3.8) is 0 Å². The fourth-order valence-corrected chi connectivity index (χ4v) is 3.35. The molecule has 0 saturated carbocycles. The predicted octanol–water partition coefficient (Wildman–Crippen LogP) is 2.63. The SMILES string of the molecule is C[C@@](O)(CNc1ccnc2c(F)cc(Br)cc12)CN1CCOCC1. The standard InChI is InChI=1S/C17H21BrFN3O2/c1-17(23,11-22-4-6-24-7-5-22)10-21-15-2-3-20-16-13(15)8-12(18)9-14(16)19/h2-3,8-9,23H,4-7,10-11H2,1H3,(H,20,21)/t17-/m1/s1. The number of halogens is 2. The Labute approximate surface area is 148 Å². The Morgan fingerprint density at radius 1 is 1.42 bits per heavy atom. The number of aromatic nitrogens is 1. The number of ether oxygens (including phenoxy) is 1. The van der Waals surface area contributed by atoms with E-state index in [0.717, 1.165) is 18.8 Å². The smallest absolute Gasteiger partial charge is 0.150 e. The van der Waals surface area contributed by atoms with Gasteiger partial charge in [-0.3, -0.25) is 9.88 Å². The highest BCUT2D eigenvalue weighted by Gasteiger charge is 2.25. The minimum absolute atomic E-state index is 0.316. The second-order valence-corrected chi connectivity index (χ2v) is 7.30. The molecule has 2 aromatic rings. The molecule has 1 fully saturated rings. The van der Waals surface area contributed by atoms with Gasteiger partial charge in [-0.25, -0.2) is 4.39 Å². The fraction of sp³-hybridized carbons (Fsp3) is 0.471. The van der Waals surface area contributed by atoms with Crippen molar-refractivity contribution in [3.05, 3.63) is 34.7 Å². The number of anilines is 1. The molecule has 1 aliphatic rings. The van der Waals surface area contributed by atoms with Gasteiger partial charge in [0, 0.05) is 47.9 Å². The first-order chi connectivity index (χ1) is 11.4. The van der Waals surface area contributed by atoms with Crippen molar-refractivity contribution in [2.75, 3.05) is 44.7 Å². The van der Waals surface area contributed by atoms with Crippen LogP contribution in [-0.4, -0.2) is 60.0 Å². The average molecular weight is 398 g/mol. The number of pyridine rings is 1. The number of morpholine rings is 1. The highest BCUT2D eigenvalue weighted by Crippen LogP contribution is 2.28. The first-order valence-electron chi connectivity index (χ1n) is 7.95. The molecule has 0 radical (unpaired) electrons. The van der Waals surface area contributed by atoms with Crippen LogP contribution < -0.4 is 5.32 Å². The largest absolute Gasteiger partial charge is 0.387 e. The Bertz CT molecular complexity index is 720. The molecule has 1 aliphatic heterocycles. The van der Waals surface area contributed by atoms with Gasteiger partial charge in [-0.2, -0.15) is 0 Å². The third-order valence-electron chi connectivity index (χ3n) is 4.09. The molecular weight excluding hydrogens is 377 g/mol. The molecular formula is C17H21BrFN3O2. The maximum Gasteiger partial charge on any atom is 0.150 e. The van der Waals surface area contributed by atoms with Crippen LogP contribution in [0.1, 0.15) is 6.92 Å². The average Bonchev–Trinajstić information content (AvgIpc) is 2.53. The van der Waals surface area contributed by atoms with Gasteiger partial charge in [-0.15, -0.1) is 0 Å². The minimum atomic E-state index is -0.905. The summed E-state index contributed by atoms with van der Waals surface area (Å²) in [6.45, 7) is 5.77. The van der Waals surface area contributed by atoms with E-state index in [9.17, 15) is 9.50 Å². The van der Waals surface area contributed by atoms with E-state index in [1.807, 2.05) is 6.07 Å². The Morgan fingerprint density at radius 3 is 2.92 bits per heavy atom. The summed E-state index contributed by atoms with van der Waals surface area (Å²) in [6.07, 6.45) is 1.57. The molecule has 5 nitrogen and oxygen atoms in total. The van der Waals surface area contributed by atoms with E-state index in [2.05, 4.69) is 31.1 Å². The lowest BCUT2D eigenvalue weighted by molar-refractivity contribution is -0.0163. The maximum absolute atomic E-state index is 14.0. The van der Waals surface area contributed by atoms with Gasteiger partial charge in [0.25, 0.3) is 0 Å². The summed E-state index contributed by atoms with van der Waals surface area (Å²) in [4.78, 5) is 6.29. The first-order valence-corrected chi connectivity index (χ1v) is 8.74. The van der Waals surface area contributed by atoms with Gasteiger partial charge < -0.3 is 15.2 Å². The van der Waals surface area contributed by atoms with Crippen LogP contribution in [0.25, 0.3) is 10.9 Å². The minimum Gasteiger partial charge on any atom is -0.387 e. The summed E-state index contributed by atoms with van der Waals surface area (Å²) in [6, 6.07) is 5.01. The van der Waals surface area contributed by atoms with E-state index in [-0.39, 0.29) is 5.82 Å². The van der Waals surface area contributed by atoms with Crippen molar-refractivity contribution in [1.82, 2.24) is 9.88 Å². The molecule has 0 aliphatic carbocycles. The van der Waals surface area contributed by atoms with Crippen molar-refractivity contribution in [2.45, 2.75) is 12.5 Å². The van der Waals surface area contributed by atoms with Gasteiger partial charge in [-0.1, -0.05) is 15.9 Å². The molecule has 1 atom stereocenters. The van der Waals surface area contributed by atoms with E-state index < -0.39 is 5.60 Å². The Kier molecular flexibility index (Phi) is 5.34. The summed E-state index contributed by atoms with van der Waals surface area (Å²) >= 11 is 3.31. The summed E-state index contributed by atoms with van der Waals surface area (Å²) in [5, 5.41) is 14.6. The van der Waals surface area contributed by atoms with Crippen LogP contribution >= 0.6 is 15.9 Å². The summed E-state index contributed by atoms with van der Waals surface area (Å²) < 4.78 is 20.0. The maximum atomic E-state index is 14.0. The highest BCUT2D eigenvalue weighted by molar-refractivity contribution is 9.10. The van der Waals surface area contributed by atoms with Crippen LogP contribution in [0, 0.1) is 5.82 Å². The van der Waals surface area contributed by atoms with Crippen molar-refractivity contribution >= 4 is 32.5 Å². The van der Waals surface area contributed by atoms with Crippen LogP contribution in [0.5, 0.6) is 0 Å². The zero-order chi connectivity index (χ0) is 17.2. The molecule has 2 heterocycles. The molecule has 2 N–H and O–H groups in total. The number of hydrogen-bond acceptors (Lipinski definition) is 5. The van der Waals surface area contributed by atoms with Crippen molar-refractivity contribution < 1.29 is 14.2 Å². The zero-order valence-corrected chi connectivity index (χ0v) is 15.1. The van der Waals surface area contributed by atoms with E-state index in [1.165, 1.54) is 6.07 Å². The molecule has 1 saturated heterocycles. The van der Waals surface area contributed by atoms with Gasteiger partial charge in [0.2, 0.25) is 0 Å². The third-order valence-corrected chi connectivity index (χ3v) is 4.55. The number of benzene rings is 1. The van der Waals surface area contributed by atoms with E-state index in [1.54, 1.807) is 19.2 Å². The van der Waals surface area contributed by atoms with Crippen LogP contribution in [0.3, 0.4) is 0 Å². The van der Waals surface area contributed by atoms with Gasteiger partial charge in [-0.05, 0) is 25.1 Å².